The Morgan fingerprint density at radius 3 is 2.62 bits per heavy atom. The van der Waals surface area contributed by atoms with E-state index in [-0.39, 0.29) is 11.2 Å². The van der Waals surface area contributed by atoms with E-state index in [0.717, 1.165) is 15.7 Å². The second kappa shape index (κ2) is 6.30. The van der Waals surface area contributed by atoms with Crippen LogP contribution in [0.1, 0.15) is 5.56 Å². The number of carbonyl (C=O) groups is 1. The molecular formula is C16H12BrNOS2. The Labute approximate surface area is 141 Å². The van der Waals surface area contributed by atoms with Crippen LogP contribution in [0.3, 0.4) is 0 Å². The van der Waals surface area contributed by atoms with Gasteiger partial charge >= 0.3 is 0 Å². The van der Waals surface area contributed by atoms with Crippen molar-refractivity contribution >= 4 is 55.8 Å². The van der Waals surface area contributed by atoms with E-state index in [9.17, 15) is 4.79 Å². The maximum absolute atomic E-state index is 12.6. The Morgan fingerprint density at radius 1 is 1.14 bits per heavy atom. The predicted octanol–water partition coefficient (Wildman–Crippen LogP) is 4.43. The molecule has 1 atom stereocenters. The van der Waals surface area contributed by atoms with Crippen molar-refractivity contribution in [3.05, 3.63) is 64.6 Å². The number of hydrogen-bond acceptors (Lipinski definition) is 3. The van der Waals surface area contributed by atoms with Gasteiger partial charge in [-0.05, 0) is 36.2 Å². The zero-order valence-corrected chi connectivity index (χ0v) is 14.2. The lowest BCUT2D eigenvalue weighted by atomic mass is 10.1. The molecule has 0 aliphatic carbocycles. The fourth-order valence-corrected chi connectivity index (χ4v) is 4.29. The topological polar surface area (TPSA) is 20.3 Å². The van der Waals surface area contributed by atoms with Crippen molar-refractivity contribution in [2.45, 2.75) is 11.7 Å². The van der Waals surface area contributed by atoms with Crippen molar-refractivity contribution < 1.29 is 4.79 Å². The van der Waals surface area contributed by atoms with Crippen LogP contribution >= 0.6 is 39.9 Å². The first-order valence-electron chi connectivity index (χ1n) is 6.49. The Hall–Kier alpha value is -1.17. The Bertz CT molecular complexity index is 690. The normalized spacial score (nSPS) is 18.3. The van der Waals surface area contributed by atoms with Gasteiger partial charge in [0.1, 0.15) is 4.32 Å². The highest BCUT2D eigenvalue weighted by Gasteiger charge is 2.37. The summed E-state index contributed by atoms with van der Waals surface area (Å²) < 4.78 is 1.66. The van der Waals surface area contributed by atoms with E-state index >= 15 is 0 Å². The van der Waals surface area contributed by atoms with E-state index in [1.54, 1.807) is 4.90 Å². The molecule has 1 unspecified atom stereocenters. The van der Waals surface area contributed by atoms with E-state index < -0.39 is 0 Å². The molecule has 0 spiro atoms. The minimum Gasteiger partial charge on any atom is -0.273 e. The second-order valence-electron chi connectivity index (χ2n) is 4.72. The van der Waals surface area contributed by atoms with Crippen LogP contribution < -0.4 is 4.90 Å². The fraction of sp³-hybridized carbons (Fsp3) is 0.125. The van der Waals surface area contributed by atoms with E-state index in [0.29, 0.717) is 10.7 Å². The number of nitrogens with zero attached hydrogens (tertiary/aromatic N) is 1. The van der Waals surface area contributed by atoms with Gasteiger partial charge in [0, 0.05) is 4.47 Å². The number of thiocarbonyl (C=S) groups is 1. The first kappa shape index (κ1) is 14.8. The van der Waals surface area contributed by atoms with Crippen LogP contribution in [0, 0.1) is 0 Å². The van der Waals surface area contributed by atoms with Crippen molar-refractivity contribution in [3.8, 4) is 0 Å². The number of hydrogen-bond donors (Lipinski definition) is 0. The van der Waals surface area contributed by atoms with Gasteiger partial charge in [0.25, 0.3) is 0 Å². The summed E-state index contributed by atoms with van der Waals surface area (Å²) in [6.07, 6.45) is 0.687. The quantitative estimate of drug-likeness (QED) is 0.738. The minimum atomic E-state index is -0.146. The lowest BCUT2D eigenvalue weighted by Crippen LogP contribution is -2.31. The zero-order valence-electron chi connectivity index (χ0n) is 11.0. The number of amides is 1. The Kier molecular flexibility index (Phi) is 4.42. The molecule has 0 bridgehead atoms. The molecule has 1 aliphatic heterocycles. The standard InChI is InChI=1S/C16H12BrNOS2/c17-12-6-4-5-11(9-12)10-14-15(19)18(16(20)21-14)13-7-2-1-3-8-13/h1-9,14H,10H2. The fourth-order valence-electron chi connectivity index (χ4n) is 2.28. The third-order valence-electron chi connectivity index (χ3n) is 3.25. The van der Waals surface area contributed by atoms with Crippen LogP contribution in [-0.2, 0) is 11.2 Å². The number of anilines is 1. The zero-order chi connectivity index (χ0) is 14.8. The molecule has 2 nitrogen and oxygen atoms in total. The summed E-state index contributed by atoms with van der Waals surface area (Å²) in [5.41, 5.74) is 1.98. The summed E-state index contributed by atoms with van der Waals surface area (Å²) in [5, 5.41) is -0.146. The summed E-state index contributed by atoms with van der Waals surface area (Å²) in [4.78, 5) is 14.3. The molecule has 1 saturated heterocycles. The maximum Gasteiger partial charge on any atom is 0.246 e. The van der Waals surface area contributed by atoms with Crippen LogP contribution in [0.25, 0.3) is 0 Å². The third kappa shape index (κ3) is 3.20. The van der Waals surface area contributed by atoms with Gasteiger partial charge in [-0.2, -0.15) is 0 Å². The van der Waals surface area contributed by atoms with Gasteiger partial charge in [0.15, 0.2) is 0 Å². The molecule has 0 saturated carbocycles. The van der Waals surface area contributed by atoms with Gasteiger partial charge in [-0.25, -0.2) is 0 Å². The molecule has 2 aromatic carbocycles. The largest absolute Gasteiger partial charge is 0.273 e. The van der Waals surface area contributed by atoms with Gasteiger partial charge < -0.3 is 0 Å². The molecule has 21 heavy (non-hydrogen) atoms. The molecule has 0 N–H and O–H groups in total. The van der Waals surface area contributed by atoms with Crippen molar-refractivity contribution in [1.29, 1.82) is 0 Å². The van der Waals surface area contributed by atoms with Gasteiger partial charge in [-0.15, -0.1) is 0 Å². The average Bonchev–Trinajstić information content (AvgIpc) is 2.74. The van der Waals surface area contributed by atoms with Crippen molar-refractivity contribution in [1.82, 2.24) is 0 Å². The maximum atomic E-state index is 12.6. The predicted molar refractivity (Wildman–Crippen MR) is 95.8 cm³/mol. The molecular weight excluding hydrogens is 366 g/mol. The van der Waals surface area contributed by atoms with Crippen molar-refractivity contribution in [2.75, 3.05) is 4.90 Å². The van der Waals surface area contributed by atoms with Crippen LogP contribution in [0.2, 0.25) is 0 Å². The molecule has 5 heteroatoms. The summed E-state index contributed by atoms with van der Waals surface area (Å²) in [6.45, 7) is 0. The smallest absolute Gasteiger partial charge is 0.246 e. The van der Waals surface area contributed by atoms with Gasteiger partial charge in [-0.3, -0.25) is 9.69 Å². The van der Waals surface area contributed by atoms with E-state index in [1.807, 2.05) is 54.6 Å². The highest BCUT2D eigenvalue weighted by Crippen LogP contribution is 2.33. The van der Waals surface area contributed by atoms with Gasteiger partial charge in [0.05, 0.1) is 10.9 Å². The first-order chi connectivity index (χ1) is 10.1. The number of halogens is 1. The number of thioether (sulfide) groups is 1. The molecule has 1 amide bonds. The monoisotopic (exact) mass is 377 g/mol. The first-order valence-corrected chi connectivity index (χ1v) is 8.57. The molecule has 3 rings (SSSR count). The third-order valence-corrected chi connectivity index (χ3v) is 5.25. The number of rotatable bonds is 3. The Morgan fingerprint density at radius 2 is 1.90 bits per heavy atom. The summed E-state index contributed by atoms with van der Waals surface area (Å²) in [5.74, 6) is 0.0659. The molecule has 106 valence electrons. The van der Waals surface area contributed by atoms with Gasteiger partial charge in [0.2, 0.25) is 5.91 Å². The van der Waals surface area contributed by atoms with Crippen molar-refractivity contribution in [2.24, 2.45) is 0 Å². The number of benzene rings is 2. The Balaban J connectivity index is 1.81. The number of carbonyl (C=O) groups excluding carboxylic acids is 1. The van der Waals surface area contributed by atoms with E-state index in [4.69, 9.17) is 12.2 Å². The van der Waals surface area contributed by atoms with Crippen LogP contribution in [-0.4, -0.2) is 15.5 Å². The lowest BCUT2D eigenvalue weighted by molar-refractivity contribution is -0.116. The summed E-state index contributed by atoms with van der Waals surface area (Å²) in [6, 6.07) is 17.6. The second-order valence-corrected chi connectivity index (χ2v) is 7.47. The average molecular weight is 378 g/mol. The highest BCUT2D eigenvalue weighted by molar-refractivity contribution is 9.10. The van der Waals surface area contributed by atoms with Crippen molar-refractivity contribution in [3.63, 3.8) is 0 Å². The minimum absolute atomic E-state index is 0.0659. The molecule has 0 radical (unpaired) electrons. The highest BCUT2D eigenvalue weighted by atomic mass is 79.9. The molecule has 1 fully saturated rings. The molecule has 2 aromatic rings. The van der Waals surface area contributed by atoms with E-state index in [1.165, 1.54) is 11.8 Å². The van der Waals surface area contributed by atoms with Crippen LogP contribution in [0.4, 0.5) is 5.69 Å². The van der Waals surface area contributed by atoms with Crippen LogP contribution in [0.15, 0.2) is 59.1 Å². The molecule has 1 heterocycles. The van der Waals surface area contributed by atoms with E-state index in [2.05, 4.69) is 15.9 Å². The SMILES string of the molecule is O=C1C(Cc2cccc(Br)c2)SC(=S)N1c1ccccc1. The van der Waals surface area contributed by atoms with Crippen LogP contribution in [0.5, 0.6) is 0 Å². The molecule has 0 aromatic heterocycles. The lowest BCUT2D eigenvalue weighted by Gasteiger charge is -2.15. The molecule has 1 aliphatic rings. The van der Waals surface area contributed by atoms with Gasteiger partial charge in [-0.1, -0.05) is 70.2 Å². The summed E-state index contributed by atoms with van der Waals surface area (Å²) >= 11 is 10.3. The number of para-hydroxylation sites is 1. The summed E-state index contributed by atoms with van der Waals surface area (Å²) in [7, 11) is 0.